The van der Waals surface area contributed by atoms with Crippen molar-refractivity contribution in [3.63, 3.8) is 0 Å². The Morgan fingerprint density at radius 1 is 1.50 bits per heavy atom. The summed E-state index contributed by atoms with van der Waals surface area (Å²) in [5.74, 6) is 0.524. The van der Waals surface area contributed by atoms with Crippen LogP contribution in [0.15, 0.2) is 18.2 Å². The molecule has 0 saturated carbocycles. The Morgan fingerprint density at radius 3 is 3.11 bits per heavy atom. The highest BCUT2D eigenvalue weighted by Crippen LogP contribution is 2.21. The molecule has 1 saturated heterocycles. The largest absolute Gasteiger partial charge is 0.493 e. The molecule has 3 nitrogen and oxygen atoms in total. The van der Waals surface area contributed by atoms with E-state index in [-0.39, 0.29) is 5.82 Å². The zero-order valence-electron chi connectivity index (χ0n) is 10.7. The Labute approximate surface area is 107 Å². The topological polar surface area (TPSA) is 30.5 Å². The summed E-state index contributed by atoms with van der Waals surface area (Å²) in [6.07, 6.45) is 3.50. The third-order valence-electron chi connectivity index (χ3n) is 3.11. The van der Waals surface area contributed by atoms with Crippen molar-refractivity contribution >= 4 is 0 Å². The molecule has 0 amide bonds. The first kappa shape index (κ1) is 13.3. The van der Waals surface area contributed by atoms with Crippen LogP contribution >= 0.6 is 0 Å². The van der Waals surface area contributed by atoms with Gasteiger partial charge in [0.1, 0.15) is 11.6 Å². The standard InChI is InChI=1S/C14H20FNO2/c1-16-10-11-9-12(15)4-5-14(11)18-8-6-13-3-2-7-17-13/h4-5,9,13,16H,2-3,6-8,10H2,1H3. The van der Waals surface area contributed by atoms with Gasteiger partial charge in [0.05, 0.1) is 12.7 Å². The molecule has 0 radical (unpaired) electrons. The Kier molecular flexibility index (Phi) is 4.96. The second-order valence-electron chi connectivity index (χ2n) is 4.55. The zero-order chi connectivity index (χ0) is 12.8. The van der Waals surface area contributed by atoms with E-state index in [1.807, 2.05) is 7.05 Å². The van der Waals surface area contributed by atoms with Crippen molar-refractivity contribution in [3.8, 4) is 5.75 Å². The van der Waals surface area contributed by atoms with E-state index >= 15 is 0 Å². The first-order chi connectivity index (χ1) is 8.79. The van der Waals surface area contributed by atoms with Crippen molar-refractivity contribution < 1.29 is 13.9 Å². The van der Waals surface area contributed by atoms with Crippen molar-refractivity contribution in [1.82, 2.24) is 5.32 Å². The minimum Gasteiger partial charge on any atom is -0.493 e. The maximum Gasteiger partial charge on any atom is 0.123 e. The number of ether oxygens (including phenoxy) is 2. The van der Waals surface area contributed by atoms with Crippen LogP contribution in [0, 0.1) is 5.82 Å². The van der Waals surface area contributed by atoms with Crippen molar-refractivity contribution in [2.45, 2.75) is 31.9 Å². The lowest BCUT2D eigenvalue weighted by Crippen LogP contribution is -2.12. The minimum absolute atomic E-state index is 0.230. The highest BCUT2D eigenvalue weighted by Gasteiger charge is 2.15. The lowest BCUT2D eigenvalue weighted by atomic mass is 10.2. The monoisotopic (exact) mass is 253 g/mol. The molecule has 1 aliphatic rings. The quantitative estimate of drug-likeness (QED) is 0.845. The van der Waals surface area contributed by atoms with Gasteiger partial charge in [0, 0.05) is 25.1 Å². The van der Waals surface area contributed by atoms with E-state index in [1.165, 1.54) is 12.1 Å². The van der Waals surface area contributed by atoms with Gasteiger partial charge in [0.25, 0.3) is 0 Å². The van der Waals surface area contributed by atoms with Crippen LogP contribution in [0.2, 0.25) is 0 Å². The van der Waals surface area contributed by atoms with Crippen LogP contribution in [-0.4, -0.2) is 26.4 Å². The highest BCUT2D eigenvalue weighted by molar-refractivity contribution is 5.33. The Morgan fingerprint density at radius 2 is 2.39 bits per heavy atom. The van der Waals surface area contributed by atoms with Gasteiger partial charge in [-0.1, -0.05) is 0 Å². The van der Waals surface area contributed by atoms with Crippen LogP contribution in [0.3, 0.4) is 0 Å². The van der Waals surface area contributed by atoms with Crippen LogP contribution in [0.1, 0.15) is 24.8 Å². The van der Waals surface area contributed by atoms with Gasteiger partial charge < -0.3 is 14.8 Å². The Balaban J connectivity index is 1.87. The average molecular weight is 253 g/mol. The summed E-state index contributed by atoms with van der Waals surface area (Å²) in [7, 11) is 1.83. The van der Waals surface area contributed by atoms with Gasteiger partial charge in [-0.25, -0.2) is 4.39 Å². The molecule has 0 aliphatic carbocycles. The van der Waals surface area contributed by atoms with Crippen molar-refractivity contribution in [2.24, 2.45) is 0 Å². The van der Waals surface area contributed by atoms with Gasteiger partial charge in [0.2, 0.25) is 0 Å². The maximum atomic E-state index is 13.1. The van der Waals surface area contributed by atoms with E-state index in [1.54, 1.807) is 6.07 Å². The highest BCUT2D eigenvalue weighted by atomic mass is 19.1. The molecule has 1 aliphatic heterocycles. The first-order valence-corrected chi connectivity index (χ1v) is 6.47. The lowest BCUT2D eigenvalue weighted by Gasteiger charge is -2.13. The molecule has 0 bridgehead atoms. The first-order valence-electron chi connectivity index (χ1n) is 6.47. The summed E-state index contributed by atoms with van der Waals surface area (Å²) in [6, 6.07) is 4.63. The molecular weight excluding hydrogens is 233 g/mol. The molecular formula is C14H20FNO2. The number of nitrogens with one attached hydrogen (secondary N) is 1. The van der Waals surface area contributed by atoms with E-state index in [4.69, 9.17) is 9.47 Å². The average Bonchev–Trinajstić information content (AvgIpc) is 2.85. The zero-order valence-corrected chi connectivity index (χ0v) is 10.7. The summed E-state index contributed by atoms with van der Waals surface area (Å²) in [4.78, 5) is 0. The third kappa shape index (κ3) is 3.68. The number of rotatable bonds is 6. The molecule has 4 heteroatoms. The van der Waals surface area contributed by atoms with Gasteiger partial charge in [-0.15, -0.1) is 0 Å². The van der Waals surface area contributed by atoms with Crippen molar-refractivity contribution in [2.75, 3.05) is 20.3 Å². The predicted molar refractivity (Wildman–Crippen MR) is 68.2 cm³/mol. The second kappa shape index (κ2) is 6.71. The molecule has 0 aromatic heterocycles. The summed E-state index contributed by atoms with van der Waals surface area (Å²) < 4.78 is 24.4. The minimum atomic E-state index is -0.230. The SMILES string of the molecule is CNCc1cc(F)ccc1OCCC1CCCO1. The Hall–Kier alpha value is -1.13. The number of hydrogen-bond donors (Lipinski definition) is 1. The summed E-state index contributed by atoms with van der Waals surface area (Å²) in [6.45, 7) is 2.09. The van der Waals surface area contributed by atoms with Gasteiger partial charge in [-0.3, -0.25) is 0 Å². The summed E-state index contributed by atoms with van der Waals surface area (Å²) in [5.41, 5.74) is 0.852. The number of hydrogen-bond acceptors (Lipinski definition) is 3. The summed E-state index contributed by atoms with van der Waals surface area (Å²) in [5, 5.41) is 3.01. The van der Waals surface area contributed by atoms with Crippen molar-refractivity contribution in [3.05, 3.63) is 29.6 Å². The Bertz CT molecular complexity index is 378. The van der Waals surface area contributed by atoms with Gasteiger partial charge in [-0.2, -0.15) is 0 Å². The van der Waals surface area contributed by atoms with Crippen LogP contribution in [0.25, 0.3) is 0 Å². The lowest BCUT2D eigenvalue weighted by molar-refractivity contribution is 0.0902. The van der Waals surface area contributed by atoms with Crippen LogP contribution < -0.4 is 10.1 Å². The predicted octanol–water partition coefficient (Wildman–Crippen LogP) is 2.49. The normalized spacial score (nSPS) is 19.1. The molecule has 2 rings (SSSR count). The molecule has 0 spiro atoms. The van der Waals surface area contributed by atoms with Gasteiger partial charge in [-0.05, 0) is 38.1 Å². The molecule has 1 aromatic rings. The second-order valence-corrected chi connectivity index (χ2v) is 4.55. The van der Waals surface area contributed by atoms with E-state index in [9.17, 15) is 4.39 Å². The smallest absolute Gasteiger partial charge is 0.123 e. The molecule has 1 unspecified atom stereocenters. The van der Waals surface area contributed by atoms with Crippen LogP contribution in [0.5, 0.6) is 5.75 Å². The fourth-order valence-electron chi connectivity index (χ4n) is 2.19. The number of halogens is 1. The van der Waals surface area contributed by atoms with E-state index in [0.717, 1.165) is 37.2 Å². The van der Waals surface area contributed by atoms with Gasteiger partial charge in [0.15, 0.2) is 0 Å². The fourth-order valence-corrected chi connectivity index (χ4v) is 2.19. The number of benzene rings is 1. The molecule has 1 atom stereocenters. The molecule has 1 N–H and O–H groups in total. The fraction of sp³-hybridized carbons (Fsp3) is 0.571. The van der Waals surface area contributed by atoms with Crippen LogP contribution in [-0.2, 0) is 11.3 Å². The maximum absolute atomic E-state index is 13.1. The van der Waals surface area contributed by atoms with E-state index in [2.05, 4.69) is 5.32 Å². The molecule has 100 valence electrons. The van der Waals surface area contributed by atoms with Crippen LogP contribution in [0.4, 0.5) is 4.39 Å². The summed E-state index contributed by atoms with van der Waals surface area (Å²) >= 11 is 0. The van der Waals surface area contributed by atoms with Gasteiger partial charge >= 0.3 is 0 Å². The molecule has 1 heterocycles. The molecule has 1 aromatic carbocycles. The van der Waals surface area contributed by atoms with Crippen molar-refractivity contribution in [1.29, 1.82) is 0 Å². The van der Waals surface area contributed by atoms with E-state index < -0.39 is 0 Å². The molecule has 18 heavy (non-hydrogen) atoms. The van der Waals surface area contributed by atoms with E-state index in [0.29, 0.717) is 19.3 Å². The molecule has 1 fully saturated rings. The third-order valence-corrected chi connectivity index (χ3v) is 3.11.